The number of carbonyl (C=O) groups excluding carboxylic acids is 2. The second-order valence-electron chi connectivity index (χ2n) is 4.01. The molecule has 5 nitrogen and oxygen atoms in total. The number of hydrogen-bond acceptors (Lipinski definition) is 4. The van der Waals surface area contributed by atoms with Crippen LogP contribution in [0.4, 0.5) is 0 Å². The number of hydrogen-bond donors (Lipinski definition) is 1. The van der Waals surface area contributed by atoms with Crippen LogP contribution in [0.3, 0.4) is 0 Å². The zero-order chi connectivity index (χ0) is 12.8. The third kappa shape index (κ3) is 3.56. The van der Waals surface area contributed by atoms with E-state index in [0.717, 1.165) is 13.0 Å². The van der Waals surface area contributed by atoms with Gasteiger partial charge < -0.3 is 10.1 Å². The summed E-state index contributed by atoms with van der Waals surface area (Å²) in [5, 5.41) is 2.81. The number of amides is 1. The van der Waals surface area contributed by atoms with E-state index in [-0.39, 0.29) is 17.9 Å². The van der Waals surface area contributed by atoms with Gasteiger partial charge in [0.1, 0.15) is 0 Å². The van der Waals surface area contributed by atoms with Gasteiger partial charge >= 0.3 is 5.97 Å². The van der Waals surface area contributed by atoms with Gasteiger partial charge in [0.2, 0.25) is 5.91 Å². The largest absolute Gasteiger partial charge is 0.463 e. The van der Waals surface area contributed by atoms with Crippen molar-refractivity contribution in [2.75, 3.05) is 26.2 Å². The Labute approximate surface area is 102 Å². The van der Waals surface area contributed by atoms with Crippen molar-refractivity contribution in [3.63, 3.8) is 0 Å². The molecule has 1 amide bonds. The number of esters is 1. The van der Waals surface area contributed by atoms with E-state index in [2.05, 4.69) is 11.9 Å². The Bertz CT molecular complexity index is 315. The predicted octanol–water partition coefficient (Wildman–Crippen LogP) is 0.316. The van der Waals surface area contributed by atoms with Gasteiger partial charge in [-0.25, -0.2) is 4.79 Å². The first-order valence-corrected chi connectivity index (χ1v) is 5.96. The summed E-state index contributed by atoms with van der Waals surface area (Å²) in [5.74, 6) is -0.358. The summed E-state index contributed by atoms with van der Waals surface area (Å²) < 4.78 is 4.88. The fourth-order valence-electron chi connectivity index (χ4n) is 1.94. The maximum absolute atomic E-state index is 11.6. The maximum Gasteiger partial charge on any atom is 0.334 e. The molecule has 0 saturated carbocycles. The zero-order valence-corrected chi connectivity index (χ0v) is 10.5. The van der Waals surface area contributed by atoms with E-state index in [9.17, 15) is 9.59 Å². The van der Waals surface area contributed by atoms with Gasteiger partial charge in [-0.1, -0.05) is 13.5 Å². The smallest absolute Gasteiger partial charge is 0.334 e. The molecule has 1 saturated heterocycles. The molecule has 96 valence electrons. The van der Waals surface area contributed by atoms with Gasteiger partial charge in [-0.3, -0.25) is 9.69 Å². The van der Waals surface area contributed by atoms with Crippen LogP contribution in [0.2, 0.25) is 0 Å². The molecule has 1 fully saturated rings. The predicted molar refractivity (Wildman–Crippen MR) is 64.4 cm³/mol. The number of rotatable bonds is 5. The Morgan fingerprint density at radius 3 is 2.88 bits per heavy atom. The normalized spacial score (nSPS) is 20.8. The second-order valence-corrected chi connectivity index (χ2v) is 4.01. The number of ether oxygens (including phenoxy) is 1. The lowest BCUT2D eigenvalue weighted by Gasteiger charge is -2.34. The highest BCUT2D eigenvalue weighted by Gasteiger charge is 2.29. The van der Waals surface area contributed by atoms with E-state index in [1.807, 2.05) is 11.8 Å². The maximum atomic E-state index is 11.6. The third-order valence-electron chi connectivity index (χ3n) is 2.79. The fraction of sp³-hybridized carbons (Fsp3) is 0.667. The summed E-state index contributed by atoms with van der Waals surface area (Å²) >= 11 is 0. The Balaban J connectivity index is 2.57. The fourth-order valence-corrected chi connectivity index (χ4v) is 1.94. The highest BCUT2D eigenvalue weighted by Crippen LogP contribution is 2.11. The van der Waals surface area contributed by atoms with Gasteiger partial charge in [0.15, 0.2) is 0 Å². The van der Waals surface area contributed by atoms with Gasteiger partial charge in [0, 0.05) is 25.2 Å². The van der Waals surface area contributed by atoms with Crippen molar-refractivity contribution in [2.24, 2.45) is 0 Å². The van der Waals surface area contributed by atoms with Crippen LogP contribution in [-0.2, 0) is 14.3 Å². The summed E-state index contributed by atoms with van der Waals surface area (Å²) in [6.45, 7) is 9.52. The lowest BCUT2D eigenvalue weighted by molar-refractivity contribution is -0.139. The van der Waals surface area contributed by atoms with Crippen LogP contribution in [0.15, 0.2) is 12.2 Å². The molecule has 0 aromatic rings. The first-order chi connectivity index (χ1) is 8.10. The number of piperazine rings is 1. The van der Waals surface area contributed by atoms with Crippen LogP contribution >= 0.6 is 0 Å². The molecular formula is C12H20N2O3. The number of carbonyl (C=O) groups is 2. The van der Waals surface area contributed by atoms with E-state index in [1.54, 1.807) is 6.92 Å². The van der Waals surface area contributed by atoms with E-state index in [0.29, 0.717) is 25.3 Å². The molecule has 0 bridgehead atoms. The number of nitrogens with zero attached hydrogens (tertiary/aromatic N) is 1. The van der Waals surface area contributed by atoms with E-state index in [4.69, 9.17) is 4.74 Å². The molecule has 1 aliphatic rings. The van der Waals surface area contributed by atoms with E-state index >= 15 is 0 Å². The van der Waals surface area contributed by atoms with Crippen LogP contribution in [0.25, 0.3) is 0 Å². The molecule has 0 aromatic heterocycles. The van der Waals surface area contributed by atoms with Crippen molar-refractivity contribution in [1.82, 2.24) is 10.2 Å². The first-order valence-electron chi connectivity index (χ1n) is 5.96. The van der Waals surface area contributed by atoms with Crippen LogP contribution in [0, 0.1) is 0 Å². The molecule has 1 heterocycles. The topological polar surface area (TPSA) is 58.6 Å². The monoisotopic (exact) mass is 240 g/mol. The van der Waals surface area contributed by atoms with Crippen LogP contribution in [0.5, 0.6) is 0 Å². The summed E-state index contributed by atoms with van der Waals surface area (Å²) in [4.78, 5) is 25.0. The molecule has 1 rings (SSSR count). The molecule has 1 N–H and O–H groups in total. The molecule has 1 atom stereocenters. The molecule has 1 aliphatic heterocycles. The molecule has 5 heteroatoms. The highest BCUT2D eigenvalue weighted by molar-refractivity contribution is 5.88. The average Bonchev–Trinajstić information content (AvgIpc) is 2.29. The standard InChI is InChI=1S/C12H20N2O3/c1-4-10-11(15)13-6-7-14(10)8-9(3)12(16)17-5-2/h10H,3-8H2,1-2H3,(H,13,15). The molecule has 1 unspecified atom stereocenters. The summed E-state index contributed by atoms with van der Waals surface area (Å²) in [7, 11) is 0. The van der Waals surface area contributed by atoms with Gasteiger partial charge in [-0.15, -0.1) is 0 Å². The van der Waals surface area contributed by atoms with Crippen molar-refractivity contribution in [2.45, 2.75) is 26.3 Å². The Kier molecular flexibility index (Phi) is 5.15. The number of nitrogens with one attached hydrogen (secondary N) is 1. The molecule has 0 radical (unpaired) electrons. The quantitative estimate of drug-likeness (QED) is 0.555. The van der Waals surface area contributed by atoms with Crippen molar-refractivity contribution >= 4 is 11.9 Å². The summed E-state index contributed by atoms with van der Waals surface area (Å²) in [6.07, 6.45) is 0.724. The van der Waals surface area contributed by atoms with Crippen molar-refractivity contribution in [3.05, 3.63) is 12.2 Å². The third-order valence-corrected chi connectivity index (χ3v) is 2.79. The van der Waals surface area contributed by atoms with Gasteiger partial charge in [-0.05, 0) is 13.3 Å². The van der Waals surface area contributed by atoms with E-state index < -0.39 is 0 Å². The van der Waals surface area contributed by atoms with Gasteiger partial charge in [0.25, 0.3) is 0 Å². The molecule has 0 aromatic carbocycles. The molecular weight excluding hydrogens is 220 g/mol. The summed E-state index contributed by atoms with van der Waals surface area (Å²) in [6, 6.07) is -0.171. The van der Waals surface area contributed by atoms with Crippen LogP contribution in [0.1, 0.15) is 20.3 Å². The van der Waals surface area contributed by atoms with E-state index in [1.165, 1.54) is 0 Å². The van der Waals surface area contributed by atoms with Crippen molar-refractivity contribution < 1.29 is 14.3 Å². The van der Waals surface area contributed by atoms with Crippen molar-refractivity contribution in [1.29, 1.82) is 0 Å². The second kappa shape index (κ2) is 6.39. The SMILES string of the molecule is C=C(CN1CCNC(=O)C1CC)C(=O)OCC. The highest BCUT2D eigenvalue weighted by atomic mass is 16.5. The lowest BCUT2D eigenvalue weighted by Crippen LogP contribution is -2.55. The Morgan fingerprint density at radius 2 is 2.29 bits per heavy atom. The average molecular weight is 240 g/mol. The van der Waals surface area contributed by atoms with Crippen molar-refractivity contribution in [3.8, 4) is 0 Å². The van der Waals surface area contributed by atoms with Gasteiger partial charge in [-0.2, -0.15) is 0 Å². The zero-order valence-electron chi connectivity index (χ0n) is 10.5. The molecule has 0 spiro atoms. The molecule has 17 heavy (non-hydrogen) atoms. The molecule has 0 aliphatic carbocycles. The van der Waals surface area contributed by atoms with Gasteiger partial charge in [0.05, 0.1) is 12.6 Å². The lowest BCUT2D eigenvalue weighted by atomic mass is 10.1. The summed E-state index contributed by atoms with van der Waals surface area (Å²) in [5.41, 5.74) is 0.403. The minimum Gasteiger partial charge on any atom is -0.463 e. The van der Waals surface area contributed by atoms with Crippen LogP contribution < -0.4 is 5.32 Å². The Hall–Kier alpha value is -1.36. The van der Waals surface area contributed by atoms with Crippen LogP contribution in [-0.4, -0.2) is 49.1 Å². The minimum atomic E-state index is -0.381. The Morgan fingerprint density at radius 1 is 1.59 bits per heavy atom. The first kappa shape index (κ1) is 13.7. The minimum absolute atomic E-state index is 0.0235.